The van der Waals surface area contributed by atoms with E-state index in [1.54, 1.807) is 12.1 Å². The summed E-state index contributed by atoms with van der Waals surface area (Å²) in [6.07, 6.45) is 0. The number of amides is 1. The molecule has 0 bridgehead atoms. The van der Waals surface area contributed by atoms with E-state index in [9.17, 15) is 26.0 Å². The van der Waals surface area contributed by atoms with Crippen molar-refractivity contribution in [1.82, 2.24) is 9.79 Å². The van der Waals surface area contributed by atoms with Gasteiger partial charge in [-0.25, -0.2) is 26.7 Å². The molecule has 0 aliphatic carbocycles. The van der Waals surface area contributed by atoms with Crippen LogP contribution in [-0.2, 0) is 31.3 Å². The van der Waals surface area contributed by atoms with Crippen molar-refractivity contribution in [3.05, 3.63) is 59.9 Å². The highest BCUT2D eigenvalue weighted by atomic mass is 32.2. The van der Waals surface area contributed by atoms with Crippen LogP contribution in [0.25, 0.3) is 0 Å². The third-order valence-corrected chi connectivity index (χ3v) is 9.08. The highest BCUT2D eigenvalue weighted by Crippen LogP contribution is 2.28. The number of sulfone groups is 1. The standard InChI is InChI=1S/C19H21FN2O7S2/c1-13-18(19(23)21-24)22(10-11-30(13,25)26)31(27,28)17-8-6-16(7-9-17)29-12-14-2-4-15(20)5-3-14/h2-9,13,18,24H,10-12H2,1H3,(H,21,23). The molecule has 3 rings (SSSR count). The van der Waals surface area contributed by atoms with Crippen molar-refractivity contribution < 1.29 is 36.0 Å². The van der Waals surface area contributed by atoms with Crippen LogP contribution in [0.15, 0.2) is 53.4 Å². The van der Waals surface area contributed by atoms with E-state index < -0.39 is 49.4 Å². The lowest BCUT2D eigenvalue weighted by Gasteiger charge is -2.36. The topological polar surface area (TPSA) is 130 Å². The number of nitrogens with one attached hydrogen (secondary N) is 1. The fraction of sp³-hybridized carbons (Fsp3) is 0.316. The van der Waals surface area contributed by atoms with Crippen LogP contribution < -0.4 is 10.2 Å². The van der Waals surface area contributed by atoms with Crippen molar-refractivity contribution in [2.75, 3.05) is 12.3 Å². The van der Waals surface area contributed by atoms with E-state index in [1.807, 2.05) is 0 Å². The van der Waals surface area contributed by atoms with Crippen LogP contribution in [-0.4, -0.2) is 55.8 Å². The van der Waals surface area contributed by atoms with E-state index in [-0.39, 0.29) is 17.3 Å². The van der Waals surface area contributed by atoms with Gasteiger partial charge in [0.05, 0.1) is 15.9 Å². The number of hydrogen-bond donors (Lipinski definition) is 2. The molecule has 0 aromatic heterocycles. The molecular formula is C19H21FN2O7S2. The Kier molecular flexibility index (Phi) is 6.65. The average molecular weight is 473 g/mol. The lowest BCUT2D eigenvalue weighted by Crippen LogP contribution is -2.61. The summed E-state index contributed by atoms with van der Waals surface area (Å²) in [5.74, 6) is -1.57. The number of carbonyl (C=O) groups is 1. The molecular weight excluding hydrogens is 451 g/mol. The van der Waals surface area contributed by atoms with E-state index >= 15 is 0 Å². The van der Waals surface area contributed by atoms with Crippen LogP contribution in [0.4, 0.5) is 4.39 Å². The number of ether oxygens (including phenoxy) is 1. The summed E-state index contributed by atoms with van der Waals surface area (Å²) >= 11 is 0. The van der Waals surface area contributed by atoms with Crippen molar-refractivity contribution in [2.45, 2.75) is 29.7 Å². The van der Waals surface area contributed by atoms with Gasteiger partial charge in [-0.05, 0) is 48.9 Å². The number of hydroxylamine groups is 1. The van der Waals surface area contributed by atoms with Gasteiger partial charge in [0.1, 0.15) is 24.2 Å². The lowest BCUT2D eigenvalue weighted by atomic mass is 10.2. The van der Waals surface area contributed by atoms with Crippen molar-refractivity contribution >= 4 is 25.8 Å². The first-order valence-corrected chi connectivity index (χ1v) is 12.4. The van der Waals surface area contributed by atoms with E-state index in [1.165, 1.54) is 48.8 Å². The molecule has 1 saturated heterocycles. The SMILES string of the molecule is CC1C(C(=O)NO)N(S(=O)(=O)c2ccc(OCc3ccc(F)cc3)cc2)CCS1(=O)=O. The van der Waals surface area contributed by atoms with Crippen LogP contribution in [0.2, 0.25) is 0 Å². The smallest absolute Gasteiger partial charge is 0.263 e. The van der Waals surface area contributed by atoms with Gasteiger partial charge in [-0.3, -0.25) is 10.0 Å². The van der Waals surface area contributed by atoms with Crippen molar-refractivity contribution in [1.29, 1.82) is 0 Å². The molecule has 2 aromatic rings. The predicted molar refractivity (Wildman–Crippen MR) is 108 cm³/mol. The van der Waals surface area contributed by atoms with Gasteiger partial charge in [0.15, 0.2) is 9.84 Å². The Hall–Kier alpha value is -2.54. The minimum Gasteiger partial charge on any atom is -0.489 e. The number of sulfonamides is 1. The summed E-state index contributed by atoms with van der Waals surface area (Å²) in [6, 6.07) is 9.50. The van der Waals surface area contributed by atoms with Gasteiger partial charge in [-0.2, -0.15) is 4.31 Å². The Bertz CT molecular complexity index is 1150. The van der Waals surface area contributed by atoms with Crippen molar-refractivity contribution in [3.8, 4) is 5.75 Å². The zero-order chi connectivity index (χ0) is 22.8. The molecule has 168 valence electrons. The van der Waals surface area contributed by atoms with Crippen LogP contribution >= 0.6 is 0 Å². The summed E-state index contributed by atoms with van der Waals surface area (Å²) in [6.45, 7) is 0.950. The fourth-order valence-electron chi connectivity index (χ4n) is 3.24. The molecule has 1 fully saturated rings. The molecule has 0 saturated carbocycles. The predicted octanol–water partition coefficient (Wildman–Crippen LogP) is 1.09. The van der Waals surface area contributed by atoms with E-state index in [2.05, 4.69) is 0 Å². The number of benzene rings is 2. The second-order valence-electron chi connectivity index (χ2n) is 7.00. The fourth-order valence-corrected chi connectivity index (χ4v) is 6.58. The molecule has 0 spiro atoms. The number of nitrogens with zero attached hydrogens (tertiary/aromatic N) is 1. The second-order valence-corrected chi connectivity index (χ2v) is 11.4. The zero-order valence-electron chi connectivity index (χ0n) is 16.4. The Balaban J connectivity index is 1.80. The summed E-state index contributed by atoms with van der Waals surface area (Å²) < 4.78 is 69.8. The first-order chi connectivity index (χ1) is 14.6. The maximum absolute atomic E-state index is 13.1. The molecule has 0 radical (unpaired) electrons. The third kappa shape index (κ3) is 4.87. The zero-order valence-corrected chi connectivity index (χ0v) is 18.1. The molecule has 1 amide bonds. The van der Waals surface area contributed by atoms with Crippen LogP contribution in [0.3, 0.4) is 0 Å². The third-order valence-electron chi connectivity index (χ3n) is 5.05. The maximum atomic E-state index is 13.1. The minimum atomic E-state index is -4.24. The molecule has 1 heterocycles. The average Bonchev–Trinajstić information content (AvgIpc) is 2.74. The molecule has 1 aliphatic heterocycles. The Morgan fingerprint density at radius 2 is 1.81 bits per heavy atom. The second kappa shape index (κ2) is 8.91. The molecule has 1 aliphatic rings. The number of halogens is 1. The van der Waals surface area contributed by atoms with E-state index in [4.69, 9.17) is 9.94 Å². The molecule has 2 aromatic carbocycles. The molecule has 12 heteroatoms. The normalized spacial score (nSPS) is 21.4. The summed E-state index contributed by atoms with van der Waals surface area (Å²) in [7, 11) is -7.94. The molecule has 9 nitrogen and oxygen atoms in total. The lowest BCUT2D eigenvalue weighted by molar-refractivity contribution is -0.133. The first kappa shape index (κ1) is 23.1. The van der Waals surface area contributed by atoms with Gasteiger partial charge >= 0.3 is 0 Å². The highest BCUT2D eigenvalue weighted by Gasteiger charge is 2.48. The van der Waals surface area contributed by atoms with Crippen LogP contribution in [0.5, 0.6) is 5.75 Å². The van der Waals surface area contributed by atoms with E-state index in [0.29, 0.717) is 5.75 Å². The van der Waals surface area contributed by atoms with E-state index in [0.717, 1.165) is 9.87 Å². The van der Waals surface area contributed by atoms with Gasteiger partial charge < -0.3 is 4.74 Å². The first-order valence-electron chi connectivity index (χ1n) is 9.21. The van der Waals surface area contributed by atoms with Crippen LogP contribution in [0.1, 0.15) is 12.5 Å². The quantitative estimate of drug-likeness (QED) is 0.475. The summed E-state index contributed by atoms with van der Waals surface area (Å²) in [5.41, 5.74) is 2.07. The Morgan fingerprint density at radius 3 is 2.39 bits per heavy atom. The largest absolute Gasteiger partial charge is 0.489 e. The Labute approximate surface area is 179 Å². The maximum Gasteiger partial charge on any atom is 0.263 e. The number of carbonyl (C=O) groups excluding carboxylic acids is 1. The monoisotopic (exact) mass is 472 g/mol. The minimum absolute atomic E-state index is 0.145. The Morgan fingerprint density at radius 1 is 1.19 bits per heavy atom. The van der Waals surface area contributed by atoms with Crippen molar-refractivity contribution in [3.63, 3.8) is 0 Å². The van der Waals surface area contributed by atoms with Gasteiger partial charge in [0, 0.05) is 6.54 Å². The van der Waals surface area contributed by atoms with Gasteiger partial charge in [-0.15, -0.1) is 0 Å². The molecule has 2 N–H and O–H groups in total. The molecule has 2 atom stereocenters. The molecule has 2 unspecified atom stereocenters. The van der Waals surface area contributed by atoms with Gasteiger partial charge in [0.2, 0.25) is 10.0 Å². The highest BCUT2D eigenvalue weighted by molar-refractivity contribution is 7.92. The summed E-state index contributed by atoms with van der Waals surface area (Å²) in [4.78, 5) is 11.9. The number of rotatable bonds is 6. The molecule has 31 heavy (non-hydrogen) atoms. The van der Waals surface area contributed by atoms with Crippen molar-refractivity contribution in [2.24, 2.45) is 0 Å². The van der Waals surface area contributed by atoms with Gasteiger partial charge in [0.25, 0.3) is 5.91 Å². The number of hydrogen-bond acceptors (Lipinski definition) is 7. The summed E-state index contributed by atoms with van der Waals surface area (Å²) in [5, 5.41) is 7.65. The van der Waals surface area contributed by atoms with Crippen LogP contribution in [0, 0.1) is 5.82 Å². The van der Waals surface area contributed by atoms with Gasteiger partial charge in [-0.1, -0.05) is 12.1 Å².